The summed E-state index contributed by atoms with van der Waals surface area (Å²) in [7, 11) is -3.53. The van der Waals surface area contributed by atoms with Crippen molar-refractivity contribution in [3.63, 3.8) is 0 Å². The van der Waals surface area contributed by atoms with Gasteiger partial charge < -0.3 is 10.0 Å². The van der Waals surface area contributed by atoms with Crippen LogP contribution in [-0.2, 0) is 20.2 Å². The van der Waals surface area contributed by atoms with Crippen LogP contribution in [0.25, 0.3) is 0 Å². The number of piperidine rings is 2. The van der Waals surface area contributed by atoms with Crippen LogP contribution >= 0.6 is 0 Å². The largest absolute Gasteiger partial charge is 0.393 e. The minimum absolute atomic E-state index is 0.0223. The molecule has 6 nitrogen and oxygen atoms in total. The molecule has 7 heteroatoms. The Balaban J connectivity index is 1.61. The fourth-order valence-electron chi connectivity index (χ4n) is 3.96. The highest BCUT2D eigenvalue weighted by Gasteiger charge is 2.34. The lowest BCUT2D eigenvalue weighted by molar-refractivity contribution is -0.138. The third-order valence-corrected chi connectivity index (χ3v) is 7.85. The molecule has 1 aromatic rings. The molecule has 0 aliphatic carbocycles. The van der Waals surface area contributed by atoms with Crippen LogP contribution in [0.1, 0.15) is 52.0 Å². The number of hydrogen-bond donors (Lipinski definition) is 1. The third kappa shape index (κ3) is 4.58. The van der Waals surface area contributed by atoms with Gasteiger partial charge in [-0.3, -0.25) is 4.79 Å². The highest BCUT2D eigenvalue weighted by molar-refractivity contribution is 7.89. The van der Waals surface area contributed by atoms with E-state index in [0.29, 0.717) is 56.8 Å². The first-order valence-corrected chi connectivity index (χ1v) is 11.6. The summed E-state index contributed by atoms with van der Waals surface area (Å²) in [4.78, 5) is 14.8. The molecule has 0 spiro atoms. The summed E-state index contributed by atoms with van der Waals surface area (Å²) < 4.78 is 27.4. The number of aliphatic hydroxyl groups excluding tert-OH is 1. The van der Waals surface area contributed by atoms with E-state index in [1.807, 2.05) is 17.0 Å². The zero-order valence-corrected chi connectivity index (χ0v) is 17.9. The summed E-state index contributed by atoms with van der Waals surface area (Å²) in [6.07, 6.45) is 2.06. The zero-order chi connectivity index (χ0) is 20.5. The van der Waals surface area contributed by atoms with Crippen molar-refractivity contribution < 1.29 is 18.3 Å². The molecule has 1 aromatic carbocycles. The minimum Gasteiger partial charge on any atom is -0.393 e. The average Bonchev–Trinajstić information content (AvgIpc) is 2.67. The molecule has 0 unspecified atom stereocenters. The van der Waals surface area contributed by atoms with Gasteiger partial charge in [0.2, 0.25) is 15.9 Å². The van der Waals surface area contributed by atoms with Gasteiger partial charge in [-0.25, -0.2) is 8.42 Å². The molecule has 2 fully saturated rings. The number of likely N-dealkylation sites (tertiary alicyclic amines) is 1. The number of sulfonamides is 1. The number of carbonyl (C=O) groups excluding carboxylic acids is 1. The normalized spacial score (nSPS) is 21.1. The van der Waals surface area contributed by atoms with Crippen molar-refractivity contribution in [1.82, 2.24) is 9.21 Å². The minimum atomic E-state index is -3.53. The van der Waals surface area contributed by atoms with Gasteiger partial charge in [0.1, 0.15) is 0 Å². The van der Waals surface area contributed by atoms with Gasteiger partial charge in [0.05, 0.1) is 11.0 Å². The van der Waals surface area contributed by atoms with Gasteiger partial charge in [0, 0.05) is 32.1 Å². The first-order chi connectivity index (χ1) is 13.1. The molecule has 2 aliphatic heterocycles. The van der Waals surface area contributed by atoms with Crippen molar-refractivity contribution >= 4 is 15.9 Å². The Bertz CT molecular complexity index is 783. The van der Waals surface area contributed by atoms with Crippen LogP contribution in [-0.4, -0.2) is 60.9 Å². The Labute approximate surface area is 168 Å². The lowest BCUT2D eigenvalue weighted by Crippen LogP contribution is -2.47. The number of rotatable bonds is 3. The van der Waals surface area contributed by atoms with Crippen molar-refractivity contribution in [1.29, 1.82) is 0 Å². The van der Waals surface area contributed by atoms with Crippen molar-refractivity contribution in [3.05, 3.63) is 29.8 Å². The number of benzene rings is 1. The number of hydrogen-bond acceptors (Lipinski definition) is 4. The molecule has 2 saturated heterocycles. The topological polar surface area (TPSA) is 77.9 Å². The van der Waals surface area contributed by atoms with E-state index >= 15 is 0 Å². The molecule has 28 heavy (non-hydrogen) atoms. The van der Waals surface area contributed by atoms with Crippen LogP contribution in [0, 0.1) is 5.92 Å². The van der Waals surface area contributed by atoms with Crippen LogP contribution in [0.3, 0.4) is 0 Å². The fraction of sp³-hybridized carbons (Fsp3) is 0.667. The highest BCUT2D eigenvalue weighted by atomic mass is 32.2. The summed E-state index contributed by atoms with van der Waals surface area (Å²) in [6, 6.07) is 7.14. The van der Waals surface area contributed by atoms with Crippen LogP contribution in [0.2, 0.25) is 0 Å². The first-order valence-electron chi connectivity index (χ1n) is 10.2. The van der Waals surface area contributed by atoms with E-state index in [-0.39, 0.29) is 23.3 Å². The predicted octanol–water partition coefficient (Wildman–Crippen LogP) is 2.37. The van der Waals surface area contributed by atoms with Gasteiger partial charge in [-0.2, -0.15) is 4.31 Å². The lowest BCUT2D eigenvalue weighted by atomic mass is 9.87. The van der Waals surface area contributed by atoms with E-state index in [4.69, 9.17) is 0 Å². The molecule has 0 atom stereocenters. The molecule has 156 valence electrons. The van der Waals surface area contributed by atoms with Gasteiger partial charge >= 0.3 is 0 Å². The maximum Gasteiger partial charge on any atom is 0.243 e. The summed E-state index contributed by atoms with van der Waals surface area (Å²) in [6.45, 7) is 8.23. The van der Waals surface area contributed by atoms with Crippen LogP contribution in [0.15, 0.2) is 29.2 Å². The lowest BCUT2D eigenvalue weighted by Gasteiger charge is -2.36. The maximum atomic E-state index is 13.0. The van der Waals surface area contributed by atoms with Crippen molar-refractivity contribution in [2.75, 3.05) is 26.2 Å². The molecule has 0 aromatic heterocycles. The van der Waals surface area contributed by atoms with E-state index in [1.165, 1.54) is 4.31 Å². The molecular weight excluding hydrogens is 376 g/mol. The standard InChI is InChI=1S/C21H32N2O4S/c1-21(2,3)17-4-6-19(7-5-17)28(26,27)23-14-8-16(9-15-23)20(25)22-12-10-18(24)11-13-22/h4-7,16,18,24H,8-15H2,1-3H3. The quantitative estimate of drug-likeness (QED) is 0.833. The average molecular weight is 409 g/mol. The van der Waals surface area contributed by atoms with Crippen LogP contribution < -0.4 is 0 Å². The zero-order valence-electron chi connectivity index (χ0n) is 17.1. The number of aliphatic hydroxyl groups is 1. The monoisotopic (exact) mass is 408 g/mol. The number of carbonyl (C=O) groups is 1. The summed E-state index contributed by atoms with van der Waals surface area (Å²) >= 11 is 0. The summed E-state index contributed by atoms with van der Waals surface area (Å²) in [5.41, 5.74) is 1.08. The summed E-state index contributed by atoms with van der Waals surface area (Å²) in [5, 5.41) is 9.60. The van der Waals surface area contributed by atoms with Gasteiger partial charge in [-0.05, 0) is 48.8 Å². The Morgan fingerprint density at radius 3 is 2.00 bits per heavy atom. The Kier molecular flexibility index (Phi) is 6.17. The SMILES string of the molecule is CC(C)(C)c1ccc(S(=O)(=O)N2CCC(C(=O)N3CCC(O)CC3)CC2)cc1. The van der Waals surface area contributed by atoms with Crippen LogP contribution in [0.5, 0.6) is 0 Å². The molecule has 1 N–H and O–H groups in total. The third-order valence-electron chi connectivity index (χ3n) is 5.94. The van der Waals surface area contributed by atoms with Gasteiger partial charge in [-0.1, -0.05) is 32.9 Å². The van der Waals surface area contributed by atoms with Gasteiger partial charge in [0.15, 0.2) is 0 Å². The van der Waals surface area contributed by atoms with Crippen LogP contribution in [0.4, 0.5) is 0 Å². The maximum absolute atomic E-state index is 13.0. The Morgan fingerprint density at radius 2 is 1.50 bits per heavy atom. The number of nitrogens with zero attached hydrogens (tertiary/aromatic N) is 2. The molecule has 0 bridgehead atoms. The van der Waals surface area contributed by atoms with E-state index < -0.39 is 10.0 Å². The highest BCUT2D eigenvalue weighted by Crippen LogP contribution is 2.28. The molecule has 2 heterocycles. The Hall–Kier alpha value is -1.44. The van der Waals surface area contributed by atoms with Crippen molar-refractivity contribution in [2.24, 2.45) is 5.92 Å². The molecule has 1 amide bonds. The van der Waals surface area contributed by atoms with Crippen molar-refractivity contribution in [3.8, 4) is 0 Å². The fourth-order valence-corrected chi connectivity index (χ4v) is 5.43. The molecule has 2 aliphatic rings. The second-order valence-electron chi connectivity index (χ2n) is 9.01. The van der Waals surface area contributed by atoms with E-state index in [2.05, 4.69) is 20.8 Å². The smallest absolute Gasteiger partial charge is 0.243 e. The second kappa shape index (κ2) is 8.13. The predicted molar refractivity (Wildman–Crippen MR) is 108 cm³/mol. The Morgan fingerprint density at radius 1 is 0.964 bits per heavy atom. The van der Waals surface area contributed by atoms with E-state index in [0.717, 1.165) is 5.56 Å². The van der Waals surface area contributed by atoms with Gasteiger partial charge in [-0.15, -0.1) is 0 Å². The molecule has 3 rings (SSSR count). The molecule has 0 radical (unpaired) electrons. The van der Waals surface area contributed by atoms with E-state index in [9.17, 15) is 18.3 Å². The number of amides is 1. The first kappa shape index (κ1) is 21.3. The molecular formula is C21H32N2O4S. The van der Waals surface area contributed by atoms with Crippen molar-refractivity contribution in [2.45, 2.75) is 62.9 Å². The summed E-state index contributed by atoms with van der Waals surface area (Å²) in [5.74, 6) is -0.0107. The second-order valence-corrected chi connectivity index (χ2v) is 10.9. The molecule has 0 saturated carbocycles. The van der Waals surface area contributed by atoms with E-state index in [1.54, 1.807) is 12.1 Å². The van der Waals surface area contributed by atoms with Gasteiger partial charge in [0.25, 0.3) is 0 Å².